The average molecular weight is 652 g/mol. The summed E-state index contributed by atoms with van der Waals surface area (Å²) in [6.07, 6.45) is 0. The van der Waals surface area contributed by atoms with E-state index in [1.54, 1.807) is 0 Å². The van der Waals surface area contributed by atoms with E-state index in [9.17, 15) is 0 Å². The number of benzene rings is 8. The van der Waals surface area contributed by atoms with Crippen molar-refractivity contribution >= 4 is 43.5 Å². The van der Waals surface area contributed by atoms with E-state index >= 15 is 0 Å². The molecule has 10 aromatic rings. The summed E-state index contributed by atoms with van der Waals surface area (Å²) in [5.74, 6) is 1.82. The van der Waals surface area contributed by atoms with Gasteiger partial charge in [0.15, 0.2) is 17.5 Å². The van der Waals surface area contributed by atoms with Crippen molar-refractivity contribution in [1.29, 1.82) is 0 Å². The molecule has 0 saturated carbocycles. The topological polar surface area (TPSA) is 51.8 Å². The normalized spacial score (nSPS) is 11.5. The highest BCUT2D eigenvalue weighted by atomic mass is 16.3. The summed E-state index contributed by atoms with van der Waals surface area (Å²) in [5, 5.41) is 6.76. The lowest BCUT2D eigenvalue weighted by atomic mass is 9.95. The van der Waals surface area contributed by atoms with Crippen molar-refractivity contribution in [3.8, 4) is 56.4 Å². The lowest BCUT2D eigenvalue weighted by Gasteiger charge is -2.13. The molecule has 0 unspecified atom stereocenters. The first-order chi connectivity index (χ1) is 25.3. The number of nitrogens with zero attached hydrogens (tertiary/aromatic N) is 3. The molecule has 0 aliphatic carbocycles. The molecule has 238 valence electrons. The van der Waals surface area contributed by atoms with E-state index in [2.05, 4.69) is 133 Å². The third kappa shape index (κ3) is 5.04. The minimum Gasteiger partial charge on any atom is -0.456 e. The van der Waals surface area contributed by atoms with Crippen LogP contribution in [0.3, 0.4) is 0 Å². The summed E-state index contributed by atoms with van der Waals surface area (Å²) < 4.78 is 6.28. The zero-order valence-corrected chi connectivity index (χ0v) is 27.5. The predicted molar refractivity (Wildman–Crippen MR) is 209 cm³/mol. The van der Waals surface area contributed by atoms with Crippen molar-refractivity contribution < 1.29 is 4.42 Å². The second-order valence-electron chi connectivity index (χ2n) is 12.8. The van der Waals surface area contributed by atoms with Gasteiger partial charge in [0, 0.05) is 27.5 Å². The van der Waals surface area contributed by atoms with Gasteiger partial charge in [-0.15, -0.1) is 0 Å². The van der Waals surface area contributed by atoms with Gasteiger partial charge in [0.05, 0.1) is 0 Å². The molecule has 0 atom stereocenters. The Kier molecular flexibility index (Phi) is 6.78. The van der Waals surface area contributed by atoms with Crippen LogP contribution in [0.1, 0.15) is 0 Å². The van der Waals surface area contributed by atoms with Crippen LogP contribution in [0.2, 0.25) is 0 Å². The maximum absolute atomic E-state index is 6.28. The van der Waals surface area contributed by atoms with E-state index in [-0.39, 0.29) is 0 Å². The molecule has 0 bridgehead atoms. The van der Waals surface area contributed by atoms with Gasteiger partial charge in [0.1, 0.15) is 11.2 Å². The Morgan fingerprint density at radius 1 is 0.314 bits per heavy atom. The van der Waals surface area contributed by atoms with E-state index in [0.29, 0.717) is 17.5 Å². The Morgan fingerprint density at radius 2 is 0.922 bits per heavy atom. The SMILES string of the molecule is c1ccc(-c2ccccc2-c2nc(-c3ccc4cccc(-c5ccc6ccccc6c5)c4c3)nc(-c3cccc4oc5ccccc5c34)n2)cc1. The average Bonchev–Trinajstić information content (AvgIpc) is 3.59. The van der Waals surface area contributed by atoms with E-state index in [0.717, 1.165) is 60.5 Å². The van der Waals surface area contributed by atoms with Gasteiger partial charge in [-0.2, -0.15) is 0 Å². The molecule has 2 heterocycles. The molecular formula is C47H29N3O. The maximum atomic E-state index is 6.28. The van der Waals surface area contributed by atoms with E-state index in [1.165, 1.54) is 21.9 Å². The van der Waals surface area contributed by atoms with Crippen LogP contribution >= 0.6 is 0 Å². The van der Waals surface area contributed by atoms with Crippen LogP contribution < -0.4 is 0 Å². The maximum Gasteiger partial charge on any atom is 0.164 e. The fourth-order valence-electron chi connectivity index (χ4n) is 7.27. The van der Waals surface area contributed by atoms with Crippen LogP contribution in [-0.2, 0) is 0 Å². The Balaban J connectivity index is 1.22. The first kappa shape index (κ1) is 29.0. The smallest absolute Gasteiger partial charge is 0.164 e. The molecule has 0 saturated heterocycles. The molecule has 0 spiro atoms. The van der Waals surface area contributed by atoms with Gasteiger partial charge >= 0.3 is 0 Å². The van der Waals surface area contributed by atoms with Gasteiger partial charge in [0.2, 0.25) is 0 Å². The molecule has 0 fully saturated rings. The van der Waals surface area contributed by atoms with E-state index < -0.39 is 0 Å². The molecular weight excluding hydrogens is 623 g/mol. The Morgan fingerprint density at radius 3 is 1.82 bits per heavy atom. The van der Waals surface area contributed by atoms with Crippen LogP contribution in [0.4, 0.5) is 0 Å². The van der Waals surface area contributed by atoms with Crippen molar-refractivity contribution in [2.24, 2.45) is 0 Å². The second kappa shape index (κ2) is 11.9. The van der Waals surface area contributed by atoms with Gasteiger partial charge in [-0.1, -0.05) is 152 Å². The lowest BCUT2D eigenvalue weighted by Crippen LogP contribution is -2.01. The standard InChI is InChI=1S/C47H29N3O/c1-2-13-31(14-3-1)36-17-6-7-18-38(36)46-48-45(49-47(50-46)40-21-11-23-43-44(40)39-19-8-9-22-42(39)51-43)35-27-25-32-16-10-20-37(41(32)29-35)34-26-24-30-12-4-5-15-33(30)28-34/h1-29H. The predicted octanol–water partition coefficient (Wildman–Crippen LogP) is 12.4. The summed E-state index contributed by atoms with van der Waals surface area (Å²) in [7, 11) is 0. The van der Waals surface area contributed by atoms with Crippen LogP contribution in [0.5, 0.6) is 0 Å². The number of rotatable bonds is 5. The molecule has 2 aromatic heterocycles. The minimum absolute atomic E-state index is 0.595. The van der Waals surface area contributed by atoms with Gasteiger partial charge in [0.25, 0.3) is 0 Å². The highest BCUT2D eigenvalue weighted by Gasteiger charge is 2.19. The second-order valence-corrected chi connectivity index (χ2v) is 12.8. The Bertz CT molecular complexity index is 2930. The van der Waals surface area contributed by atoms with Crippen LogP contribution in [0.15, 0.2) is 180 Å². The molecule has 51 heavy (non-hydrogen) atoms. The van der Waals surface area contributed by atoms with Crippen LogP contribution in [-0.4, -0.2) is 15.0 Å². The number of hydrogen-bond donors (Lipinski definition) is 0. The molecule has 0 aliphatic rings. The molecule has 0 amide bonds. The molecule has 0 N–H and O–H groups in total. The molecule has 10 rings (SSSR count). The van der Waals surface area contributed by atoms with E-state index in [1.807, 2.05) is 42.5 Å². The molecule has 4 heteroatoms. The van der Waals surface area contributed by atoms with Crippen molar-refractivity contribution in [3.63, 3.8) is 0 Å². The summed E-state index contributed by atoms with van der Waals surface area (Å²) in [4.78, 5) is 15.7. The van der Waals surface area contributed by atoms with Crippen LogP contribution in [0, 0.1) is 0 Å². The van der Waals surface area contributed by atoms with Crippen LogP contribution in [0.25, 0.3) is 99.9 Å². The number of furan rings is 1. The minimum atomic E-state index is 0.595. The van der Waals surface area contributed by atoms with Crippen molar-refractivity contribution in [2.45, 2.75) is 0 Å². The quantitative estimate of drug-likeness (QED) is 0.186. The summed E-state index contributed by atoms with van der Waals surface area (Å²) in [6, 6.07) is 61.1. The van der Waals surface area contributed by atoms with E-state index in [4.69, 9.17) is 19.4 Å². The molecule has 0 radical (unpaired) electrons. The summed E-state index contributed by atoms with van der Waals surface area (Å²) in [5.41, 5.74) is 8.89. The molecule has 0 aliphatic heterocycles. The zero-order valence-electron chi connectivity index (χ0n) is 27.5. The number of fused-ring (bicyclic) bond motifs is 5. The van der Waals surface area contributed by atoms with Gasteiger partial charge < -0.3 is 4.42 Å². The largest absolute Gasteiger partial charge is 0.456 e. The van der Waals surface area contributed by atoms with Crippen molar-refractivity contribution in [2.75, 3.05) is 0 Å². The highest BCUT2D eigenvalue weighted by Crippen LogP contribution is 2.39. The first-order valence-corrected chi connectivity index (χ1v) is 17.1. The third-order valence-electron chi connectivity index (χ3n) is 9.73. The number of para-hydroxylation sites is 1. The highest BCUT2D eigenvalue weighted by molar-refractivity contribution is 6.12. The number of hydrogen-bond acceptors (Lipinski definition) is 4. The Labute approximate surface area is 294 Å². The van der Waals surface area contributed by atoms with Crippen molar-refractivity contribution in [3.05, 3.63) is 176 Å². The fourth-order valence-corrected chi connectivity index (χ4v) is 7.27. The summed E-state index contributed by atoms with van der Waals surface area (Å²) >= 11 is 0. The van der Waals surface area contributed by atoms with Gasteiger partial charge in [-0.3, -0.25) is 0 Å². The zero-order chi connectivity index (χ0) is 33.7. The van der Waals surface area contributed by atoms with Gasteiger partial charge in [-0.05, 0) is 68.1 Å². The fraction of sp³-hybridized carbons (Fsp3) is 0. The Hall–Kier alpha value is -6.91. The third-order valence-corrected chi connectivity index (χ3v) is 9.73. The first-order valence-electron chi connectivity index (χ1n) is 17.1. The van der Waals surface area contributed by atoms with Crippen molar-refractivity contribution in [1.82, 2.24) is 15.0 Å². The monoisotopic (exact) mass is 651 g/mol. The molecule has 4 nitrogen and oxygen atoms in total. The van der Waals surface area contributed by atoms with Gasteiger partial charge in [-0.25, -0.2) is 15.0 Å². The number of aromatic nitrogens is 3. The summed E-state index contributed by atoms with van der Waals surface area (Å²) in [6.45, 7) is 0. The molecule has 8 aromatic carbocycles. The lowest BCUT2D eigenvalue weighted by molar-refractivity contribution is 0.669.